The quantitative estimate of drug-likeness (QED) is 0.858. The standard InChI is InChI=1S/C19H21ClN2O3/c1-13-7-6-8-14(2)19(13)25-12-18(24)22(3)11-17(23)21-16-10-5-4-9-15(16)20/h4-10H,11-12H2,1-3H3,(H,21,23). The maximum absolute atomic E-state index is 12.2. The molecule has 25 heavy (non-hydrogen) atoms. The summed E-state index contributed by atoms with van der Waals surface area (Å²) in [6.45, 7) is 3.64. The first-order valence-electron chi connectivity index (χ1n) is 7.86. The van der Waals surface area contributed by atoms with Gasteiger partial charge < -0.3 is 15.0 Å². The Morgan fingerprint density at radius 2 is 1.72 bits per heavy atom. The minimum Gasteiger partial charge on any atom is -0.483 e. The third-order valence-corrected chi connectivity index (χ3v) is 4.03. The summed E-state index contributed by atoms with van der Waals surface area (Å²) in [5.74, 6) is 0.0951. The van der Waals surface area contributed by atoms with Crippen LogP contribution in [0.25, 0.3) is 0 Å². The zero-order valence-electron chi connectivity index (χ0n) is 14.5. The highest BCUT2D eigenvalue weighted by Gasteiger charge is 2.15. The first kappa shape index (κ1) is 18.8. The molecule has 0 aliphatic heterocycles. The van der Waals surface area contributed by atoms with E-state index in [1.54, 1.807) is 31.3 Å². The van der Waals surface area contributed by atoms with Gasteiger partial charge in [-0.1, -0.05) is 41.9 Å². The van der Waals surface area contributed by atoms with Gasteiger partial charge in [0, 0.05) is 7.05 Å². The Morgan fingerprint density at radius 3 is 2.36 bits per heavy atom. The highest BCUT2D eigenvalue weighted by atomic mass is 35.5. The number of ether oxygens (including phenoxy) is 1. The Labute approximate surface area is 152 Å². The van der Waals surface area contributed by atoms with Gasteiger partial charge in [-0.15, -0.1) is 0 Å². The molecule has 2 amide bonds. The maximum atomic E-state index is 12.2. The lowest BCUT2D eigenvalue weighted by Gasteiger charge is -2.18. The molecular weight excluding hydrogens is 340 g/mol. The van der Waals surface area contributed by atoms with Crippen molar-refractivity contribution in [1.82, 2.24) is 4.90 Å². The van der Waals surface area contributed by atoms with Crippen LogP contribution in [0.3, 0.4) is 0 Å². The molecule has 6 heteroatoms. The first-order valence-corrected chi connectivity index (χ1v) is 8.23. The predicted molar refractivity (Wildman–Crippen MR) is 99.1 cm³/mol. The molecule has 2 aromatic rings. The van der Waals surface area contributed by atoms with E-state index in [0.717, 1.165) is 11.1 Å². The number of hydrogen-bond acceptors (Lipinski definition) is 3. The molecule has 0 spiro atoms. The first-order chi connectivity index (χ1) is 11.9. The second kappa shape index (κ2) is 8.53. The SMILES string of the molecule is Cc1cccc(C)c1OCC(=O)N(C)CC(=O)Nc1ccccc1Cl. The van der Waals surface area contributed by atoms with E-state index < -0.39 is 0 Å². The Hall–Kier alpha value is -2.53. The van der Waals surface area contributed by atoms with Crippen molar-refractivity contribution >= 4 is 29.1 Å². The van der Waals surface area contributed by atoms with Crippen LogP contribution in [0.5, 0.6) is 5.75 Å². The van der Waals surface area contributed by atoms with E-state index in [1.807, 2.05) is 32.0 Å². The fraction of sp³-hybridized carbons (Fsp3) is 0.263. The third kappa shape index (κ3) is 5.22. The van der Waals surface area contributed by atoms with Gasteiger partial charge in [-0.05, 0) is 37.1 Å². The minimum atomic E-state index is -0.323. The molecule has 0 radical (unpaired) electrons. The van der Waals surface area contributed by atoms with E-state index in [4.69, 9.17) is 16.3 Å². The summed E-state index contributed by atoms with van der Waals surface area (Å²) in [6, 6.07) is 12.7. The van der Waals surface area contributed by atoms with Crippen LogP contribution in [0.2, 0.25) is 5.02 Å². The van der Waals surface area contributed by atoms with Crippen LogP contribution in [-0.2, 0) is 9.59 Å². The summed E-state index contributed by atoms with van der Waals surface area (Å²) in [7, 11) is 1.56. The Kier molecular flexibility index (Phi) is 6.42. The Balaban J connectivity index is 1.88. The zero-order valence-corrected chi connectivity index (χ0v) is 15.3. The average Bonchev–Trinajstić information content (AvgIpc) is 2.56. The van der Waals surface area contributed by atoms with Crippen molar-refractivity contribution in [1.29, 1.82) is 0 Å². The van der Waals surface area contributed by atoms with Crippen molar-refractivity contribution in [2.75, 3.05) is 25.5 Å². The van der Waals surface area contributed by atoms with Gasteiger partial charge >= 0.3 is 0 Å². The molecule has 0 heterocycles. The molecule has 132 valence electrons. The van der Waals surface area contributed by atoms with Crippen molar-refractivity contribution < 1.29 is 14.3 Å². The van der Waals surface area contributed by atoms with Crippen molar-refractivity contribution in [3.8, 4) is 5.75 Å². The molecule has 0 aliphatic carbocycles. The van der Waals surface area contributed by atoms with Gasteiger partial charge in [0.15, 0.2) is 6.61 Å². The molecule has 0 fully saturated rings. The predicted octanol–water partition coefficient (Wildman–Crippen LogP) is 3.43. The van der Waals surface area contributed by atoms with Gasteiger partial charge in [0.1, 0.15) is 5.75 Å². The maximum Gasteiger partial charge on any atom is 0.260 e. The second-order valence-corrected chi connectivity index (χ2v) is 6.19. The average molecular weight is 361 g/mol. The van der Waals surface area contributed by atoms with Crippen LogP contribution in [0.15, 0.2) is 42.5 Å². The van der Waals surface area contributed by atoms with Crippen molar-refractivity contribution in [2.24, 2.45) is 0 Å². The van der Waals surface area contributed by atoms with E-state index >= 15 is 0 Å². The molecule has 0 unspecified atom stereocenters. The van der Waals surface area contributed by atoms with Crippen LogP contribution in [0.4, 0.5) is 5.69 Å². The van der Waals surface area contributed by atoms with E-state index in [0.29, 0.717) is 16.5 Å². The molecular formula is C19H21ClN2O3. The fourth-order valence-corrected chi connectivity index (χ4v) is 2.51. The highest BCUT2D eigenvalue weighted by Crippen LogP contribution is 2.22. The van der Waals surface area contributed by atoms with E-state index in [1.165, 1.54) is 4.90 Å². The molecule has 5 nitrogen and oxygen atoms in total. The Morgan fingerprint density at radius 1 is 1.08 bits per heavy atom. The van der Waals surface area contributed by atoms with Crippen LogP contribution in [0, 0.1) is 13.8 Å². The Bertz CT molecular complexity index is 757. The highest BCUT2D eigenvalue weighted by molar-refractivity contribution is 6.33. The molecule has 0 aromatic heterocycles. The molecule has 0 saturated heterocycles. The number of carbonyl (C=O) groups is 2. The van der Waals surface area contributed by atoms with Gasteiger partial charge in [0.2, 0.25) is 5.91 Å². The monoisotopic (exact) mass is 360 g/mol. The van der Waals surface area contributed by atoms with Crippen molar-refractivity contribution in [3.63, 3.8) is 0 Å². The van der Waals surface area contributed by atoms with Gasteiger partial charge in [0.25, 0.3) is 5.91 Å². The molecule has 0 bridgehead atoms. The van der Waals surface area contributed by atoms with Crippen LogP contribution < -0.4 is 10.1 Å². The third-order valence-electron chi connectivity index (χ3n) is 3.70. The second-order valence-electron chi connectivity index (χ2n) is 5.79. The van der Waals surface area contributed by atoms with Gasteiger partial charge in [-0.25, -0.2) is 0 Å². The number of para-hydroxylation sites is 2. The summed E-state index contributed by atoms with van der Waals surface area (Å²) in [5, 5.41) is 3.13. The molecule has 0 atom stereocenters. The molecule has 0 saturated carbocycles. The normalized spacial score (nSPS) is 10.2. The minimum absolute atomic E-state index is 0.0832. The molecule has 0 aliphatic rings. The topological polar surface area (TPSA) is 58.6 Å². The lowest BCUT2D eigenvalue weighted by Crippen LogP contribution is -2.37. The van der Waals surface area contributed by atoms with Gasteiger partial charge in [-0.3, -0.25) is 9.59 Å². The number of carbonyl (C=O) groups excluding carboxylic acids is 2. The van der Waals surface area contributed by atoms with E-state index in [-0.39, 0.29) is 25.0 Å². The number of rotatable bonds is 6. The van der Waals surface area contributed by atoms with Crippen LogP contribution in [0.1, 0.15) is 11.1 Å². The van der Waals surface area contributed by atoms with Crippen molar-refractivity contribution in [2.45, 2.75) is 13.8 Å². The van der Waals surface area contributed by atoms with Gasteiger partial charge in [-0.2, -0.15) is 0 Å². The number of nitrogens with zero attached hydrogens (tertiary/aromatic N) is 1. The molecule has 2 aromatic carbocycles. The van der Waals surface area contributed by atoms with Crippen LogP contribution in [-0.4, -0.2) is 36.9 Å². The van der Waals surface area contributed by atoms with Crippen LogP contribution >= 0.6 is 11.6 Å². The lowest BCUT2D eigenvalue weighted by atomic mass is 10.1. The number of anilines is 1. The summed E-state index contributed by atoms with van der Waals surface area (Å²) in [6.07, 6.45) is 0. The zero-order chi connectivity index (χ0) is 18.4. The number of halogens is 1. The van der Waals surface area contributed by atoms with Crippen molar-refractivity contribution in [3.05, 3.63) is 58.6 Å². The van der Waals surface area contributed by atoms with E-state index in [9.17, 15) is 9.59 Å². The number of amides is 2. The largest absolute Gasteiger partial charge is 0.483 e. The summed E-state index contributed by atoms with van der Waals surface area (Å²) >= 11 is 6.00. The number of aryl methyl sites for hydroxylation is 2. The molecule has 2 rings (SSSR count). The lowest BCUT2D eigenvalue weighted by molar-refractivity contribution is -0.135. The summed E-state index contributed by atoms with van der Waals surface area (Å²) in [4.78, 5) is 25.6. The number of nitrogens with one attached hydrogen (secondary N) is 1. The van der Waals surface area contributed by atoms with Gasteiger partial charge in [0.05, 0.1) is 17.3 Å². The summed E-state index contributed by atoms with van der Waals surface area (Å²) in [5.41, 5.74) is 2.45. The number of hydrogen-bond donors (Lipinski definition) is 1. The number of likely N-dealkylation sites (N-methyl/N-ethyl adjacent to an activating group) is 1. The smallest absolute Gasteiger partial charge is 0.260 e. The number of benzene rings is 2. The van der Waals surface area contributed by atoms with E-state index in [2.05, 4.69) is 5.32 Å². The molecule has 1 N–H and O–H groups in total. The fourth-order valence-electron chi connectivity index (χ4n) is 2.33. The summed E-state index contributed by atoms with van der Waals surface area (Å²) < 4.78 is 5.63.